The Morgan fingerprint density at radius 3 is 3.07 bits per heavy atom. The molecule has 3 N–H and O–H groups in total. The highest BCUT2D eigenvalue weighted by molar-refractivity contribution is 5.06. The summed E-state index contributed by atoms with van der Waals surface area (Å²) in [5, 5.41) is 0. The molecule has 1 aliphatic carbocycles. The molecule has 0 bridgehead atoms. The molecule has 0 radical (unpaired) electrons. The number of nitrogens with one attached hydrogen (secondary N) is 1. The summed E-state index contributed by atoms with van der Waals surface area (Å²) < 4.78 is 0. The predicted octanol–water partition coefficient (Wildman–Crippen LogP) is 2.55. The van der Waals surface area contributed by atoms with Crippen LogP contribution in [0.25, 0.3) is 0 Å². The predicted molar refractivity (Wildman–Crippen MR) is 61.5 cm³/mol. The fourth-order valence-electron chi connectivity index (χ4n) is 2.60. The van der Waals surface area contributed by atoms with Crippen LogP contribution in [0.4, 0.5) is 0 Å². The first-order chi connectivity index (χ1) is 7.33. The van der Waals surface area contributed by atoms with Crippen molar-refractivity contribution in [3.05, 3.63) is 17.7 Å². The van der Waals surface area contributed by atoms with Crippen LogP contribution in [-0.4, -0.2) is 9.97 Å². The Morgan fingerprint density at radius 2 is 2.40 bits per heavy atom. The molecule has 1 aliphatic rings. The van der Waals surface area contributed by atoms with E-state index in [1.54, 1.807) is 0 Å². The van der Waals surface area contributed by atoms with Crippen LogP contribution in [0.1, 0.15) is 56.5 Å². The van der Waals surface area contributed by atoms with Gasteiger partial charge in [-0.1, -0.05) is 26.2 Å². The number of imidazole rings is 1. The van der Waals surface area contributed by atoms with E-state index >= 15 is 0 Å². The minimum Gasteiger partial charge on any atom is -0.345 e. The second kappa shape index (κ2) is 4.79. The maximum absolute atomic E-state index is 5.57. The van der Waals surface area contributed by atoms with Crippen LogP contribution in [-0.2, 0) is 6.54 Å². The van der Waals surface area contributed by atoms with E-state index in [0.29, 0.717) is 12.5 Å². The molecule has 84 valence electrons. The number of nitrogens with two attached hydrogens (primary N) is 1. The first-order valence-electron chi connectivity index (χ1n) is 6.07. The summed E-state index contributed by atoms with van der Waals surface area (Å²) in [4.78, 5) is 7.78. The van der Waals surface area contributed by atoms with E-state index in [2.05, 4.69) is 16.9 Å². The number of hydrogen-bond acceptors (Lipinski definition) is 2. The number of nitrogens with zero attached hydrogens (tertiary/aromatic N) is 1. The molecule has 3 nitrogen and oxygen atoms in total. The first-order valence-corrected chi connectivity index (χ1v) is 6.07. The largest absolute Gasteiger partial charge is 0.345 e. The van der Waals surface area contributed by atoms with Gasteiger partial charge in [0.1, 0.15) is 5.82 Å². The molecule has 0 amide bonds. The second-order valence-corrected chi connectivity index (χ2v) is 4.64. The van der Waals surface area contributed by atoms with Crippen LogP contribution in [0.2, 0.25) is 0 Å². The molecule has 0 spiro atoms. The van der Waals surface area contributed by atoms with Crippen LogP contribution >= 0.6 is 0 Å². The number of H-pyrrole nitrogens is 1. The topological polar surface area (TPSA) is 54.7 Å². The molecule has 2 atom stereocenters. The second-order valence-electron chi connectivity index (χ2n) is 4.64. The zero-order valence-electron chi connectivity index (χ0n) is 9.50. The minimum absolute atomic E-state index is 0.566. The van der Waals surface area contributed by atoms with Gasteiger partial charge >= 0.3 is 0 Å². The molecule has 1 aromatic rings. The number of aromatic amines is 1. The third kappa shape index (κ3) is 2.40. The van der Waals surface area contributed by atoms with Crippen LogP contribution in [0.15, 0.2) is 6.20 Å². The average molecular weight is 207 g/mol. The van der Waals surface area contributed by atoms with E-state index < -0.39 is 0 Å². The Balaban J connectivity index is 2.03. The summed E-state index contributed by atoms with van der Waals surface area (Å²) in [6, 6.07) is 0. The van der Waals surface area contributed by atoms with Gasteiger partial charge in [0.25, 0.3) is 0 Å². The van der Waals surface area contributed by atoms with Gasteiger partial charge in [0.2, 0.25) is 0 Å². The summed E-state index contributed by atoms with van der Waals surface area (Å²) in [6.07, 6.45) is 8.52. The van der Waals surface area contributed by atoms with Crippen molar-refractivity contribution < 1.29 is 0 Å². The molecule has 0 aliphatic heterocycles. The van der Waals surface area contributed by atoms with Crippen molar-refractivity contribution in [2.75, 3.05) is 0 Å². The summed E-state index contributed by atoms with van der Waals surface area (Å²) in [6.45, 7) is 2.86. The summed E-state index contributed by atoms with van der Waals surface area (Å²) in [5.41, 5.74) is 6.63. The summed E-state index contributed by atoms with van der Waals surface area (Å²) in [7, 11) is 0. The van der Waals surface area contributed by atoms with E-state index in [0.717, 1.165) is 17.4 Å². The third-order valence-corrected chi connectivity index (χ3v) is 3.61. The van der Waals surface area contributed by atoms with Crippen molar-refractivity contribution in [2.45, 2.75) is 51.5 Å². The molecule has 3 heteroatoms. The molecule has 1 aromatic heterocycles. The van der Waals surface area contributed by atoms with Crippen molar-refractivity contribution in [3.63, 3.8) is 0 Å². The summed E-state index contributed by atoms with van der Waals surface area (Å²) in [5.74, 6) is 2.70. The Bertz CT molecular complexity index is 306. The Labute approximate surface area is 91.5 Å². The lowest BCUT2D eigenvalue weighted by Crippen LogP contribution is -2.14. The molecule has 0 saturated heterocycles. The molecule has 0 aromatic carbocycles. The standard InChI is InChI=1S/C12H21N3/c1-2-9-4-3-5-10(6-9)12-14-8-11(7-13)15-12/h8-10H,2-7,13H2,1H3,(H,14,15). The zero-order valence-corrected chi connectivity index (χ0v) is 9.50. The van der Waals surface area contributed by atoms with Gasteiger partial charge in [-0.3, -0.25) is 0 Å². The molecule has 2 unspecified atom stereocenters. The van der Waals surface area contributed by atoms with E-state index in [4.69, 9.17) is 5.73 Å². The highest BCUT2D eigenvalue weighted by Gasteiger charge is 2.23. The molecular weight excluding hydrogens is 186 g/mol. The maximum Gasteiger partial charge on any atom is 0.109 e. The van der Waals surface area contributed by atoms with E-state index in [-0.39, 0.29) is 0 Å². The molecule has 1 fully saturated rings. The van der Waals surface area contributed by atoms with Crippen molar-refractivity contribution in [1.29, 1.82) is 0 Å². The van der Waals surface area contributed by atoms with Crippen LogP contribution in [0, 0.1) is 5.92 Å². The van der Waals surface area contributed by atoms with Crippen molar-refractivity contribution in [1.82, 2.24) is 9.97 Å². The monoisotopic (exact) mass is 207 g/mol. The van der Waals surface area contributed by atoms with Gasteiger partial charge in [-0.2, -0.15) is 0 Å². The van der Waals surface area contributed by atoms with Crippen molar-refractivity contribution in [3.8, 4) is 0 Å². The SMILES string of the molecule is CCC1CCCC(c2ncc(CN)[nH]2)C1. The van der Waals surface area contributed by atoms with E-state index in [9.17, 15) is 0 Å². The molecule has 1 heterocycles. The molecule has 15 heavy (non-hydrogen) atoms. The maximum atomic E-state index is 5.57. The van der Waals surface area contributed by atoms with Crippen LogP contribution in [0.5, 0.6) is 0 Å². The van der Waals surface area contributed by atoms with E-state index in [1.165, 1.54) is 32.1 Å². The normalized spacial score (nSPS) is 26.8. The minimum atomic E-state index is 0.566. The Morgan fingerprint density at radius 1 is 1.53 bits per heavy atom. The zero-order chi connectivity index (χ0) is 10.7. The highest BCUT2D eigenvalue weighted by atomic mass is 14.9. The quantitative estimate of drug-likeness (QED) is 0.800. The first kappa shape index (κ1) is 10.7. The van der Waals surface area contributed by atoms with Gasteiger partial charge in [-0.25, -0.2) is 4.98 Å². The van der Waals surface area contributed by atoms with Gasteiger partial charge in [-0.15, -0.1) is 0 Å². The van der Waals surface area contributed by atoms with Crippen LogP contribution < -0.4 is 5.73 Å². The number of rotatable bonds is 3. The van der Waals surface area contributed by atoms with Gasteiger partial charge in [0.15, 0.2) is 0 Å². The van der Waals surface area contributed by atoms with Gasteiger partial charge < -0.3 is 10.7 Å². The van der Waals surface area contributed by atoms with Crippen LogP contribution in [0.3, 0.4) is 0 Å². The fourth-order valence-corrected chi connectivity index (χ4v) is 2.60. The van der Waals surface area contributed by atoms with Crippen molar-refractivity contribution in [2.24, 2.45) is 11.7 Å². The molecule has 1 saturated carbocycles. The van der Waals surface area contributed by atoms with Gasteiger partial charge in [0, 0.05) is 24.4 Å². The van der Waals surface area contributed by atoms with Gasteiger partial charge in [0.05, 0.1) is 0 Å². The summed E-state index contributed by atoms with van der Waals surface area (Å²) >= 11 is 0. The lowest BCUT2D eigenvalue weighted by Gasteiger charge is -2.27. The lowest BCUT2D eigenvalue weighted by atomic mass is 9.80. The Hall–Kier alpha value is -0.830. The smallest absolute Gasteiger partial charge is 0.109 e. The molecular formula is C12H21N3. The number of aromatic nitrogens is 2. The van der Waals surface area contributed by atoms with Crippen molar-refractivity contribution >= 4 is 0 Å². The third-order valence-electron chi connectivity index (χ3n) is 3.61. The van der Waals surface area contributed by atoms with E-state index in [1.807, 2.05) is 6.20 Å². The fraction of sp³-hybridized carbons (Fsp3) is 0.750. The molecule has 2 rings (SSSR count). The number of hydrogen-bond donors (Lipinski definition) is 2. The highest BCUT2D eigenvalue weighted by Crippen LogP contribution is 2.36. The lowest BCUT2D eigenvalue weighted by molar-refractivity contribution is 0.308. The average Bonchev–Trinajstić information content (AvgIpc) is 2.78. The Kier molecular flexibility index (Phi) is 3.41. The van der Waals surface area contributed by atoms with Gasteiger partial charge in [-0.05, 0) is 18.8 Å².